The number of aliphatic hydroxyl groups is 1. The van der Waals surface area contributed by atoms with Gasteiger partial charge < -0.3 is 9.84 Å². The monoisotopic (exact) mass is 455 g/mol. The largest absolute Gasteiger partial charge is 0.490 e. The Hall–Kier alpha value is -3.39. The highest BCUT2D eigenvalue weighted by molar-refractivity contribution is 5.84. The van der Waals surface area contributed by atoms with Crippen molar-refractivity contribution in [3.8, 4) is 5.75 Å². The number of aliphatic hydroxyl groups excluding tert-OH is 1. The van der Waals surface area contributed by atoms with Gasteiger partial charge in [0.05, 0.1) is 22.9 Å². The Morgan fingerprint density at radius 3 is 2.15 bits per heavy atom. The van der Waals surface area contributed by atoms with Crippen LogP contribution in [0, 0.1) is 0 Å². The second-order valence-electron chi connectivity index (χ2n) is 8.54. The average Bonchev–Trinajstić information content (AvgIpc) is 2.90. The van der Waals surface area contributed by atoms with Crippen molar-refractivity contribution in [1.82, 2.24) is 24.8 Å². The van der Waals surface area contributed by atoms with E-state index < -0.39 is 6.10 Å². The van der Waals surface area contributed by atoms with Crippen molar-refractivity contribution in [2.24, 2.45) is 0 Å². The maximum absolute atomic E-state index is 10.7. The summed E-state index contributed by atoms with van der Waals surface area (Å²) in [5.41, 5.74) is 2.90. The van der Waals surface area contributed by atoms with E-state index >= 15 is 0 Å². The van der Waals surface area contributed by atoms with Crippen LogP contribution in [0.1, 0.15) is 17.4 Å². The third kappa shape index (κ3) is 5.22. The first-order valence-corrected chi connectivity index (χ1v) is 11.7. The van der Waals surface area contributed by atoms with E-state index in [1.165, 1.54) is 0 Å². The second-order valence-corrected chi connectivity index (χ2v) is 8.54. The summed E-state index contributed by atoms with van der Waals surface area (Å²) in [6, 6.07) is 21.8. The number of rotatable bonds is 8. The number of hydrogen-bond acceptors (Lipinski definition) is 7. The summed E-state index contributed by atoms with van der Waals surface area (Å²) >= 11 is 0. The van der Waals surface area contributed by atoms with Crippen LogP contribution < -0.4 is 4.74 Å². The van der Waals surface area contributed by atoms with Crippen LogP contribution in [-0.4, -0.2) is 75.3 Å². The van der Waals surface area contributed by atoms with E-state index in [2.05, 4.69) is 36.9 Å². The SMILES string of the molecule is OC(COc1cccc2ncccc12)CN1CCN(C(c2ccccn2)c2ccccn2)CC1. The first-order chi connectivity index (χ1) is 16.8. The van der Waals surface area contributed by atoms with Gasteiger partial charge in [-0.25, -0.2) is 0 Å². The average molecular weight is 456 g/mol. The van der Waals surface area contributed by atoms with Crippen LogP contribution in [0.2, 0.25) is 0 Å². The van der Waals surface area contributed by atoms with Gasteiger partial charge in [-0.1, -0.05) is 18.2 Å². The highest BCUT2D eigenvalue weighted by Gasteiger charge is 2.28. The van der Waals surface area contributed by atoms with Crippen molar-refractivity contribution in [3.63, 3.8) is 0 Å². The van der Waals surface area contributed by atoms with Crippen LogP contribution in [0.15, 0.2) is 85.3 Å². The van der Waals surface area contributed by atoms with Crippen LogP contribution in [0.25, 0.3) is 10.9 Å². The van der Waals surface area contributed by atoms with Gasteiger partial charge in [0.15, 0.2) is 0 Å². The molecular formula is C27H29N5O2. The van der Waals surface area contributed by atoms with E-state index in [0.29, 0.717) is 6.54 Å². The number of nitrogens with zero attached hydrogens (tertiary/aromatic N) is 5. The van der Waals surface area contributed by atoms with Crippen molar-refractivity contribution < 1.29 is 9.84 Å². The third-order valence-electron chi connectivity index (χ3n) is 6.21. The number of pyridine rings is 3. The number of ether oxygens (including phenoxy) is 1. The molecule has 0 amide bonds. The smallest absolute Gasteiger partial charge is 0.128 e. The Balaban J connectivity index is 1.17. The molecule has 1 saturated heterocycles. The van der Waals surface area contributed by atoms with Gasteiger partial charge in [0.2, 0.25) is 0 Å². The molecule has 3 aromatic heterocycles. The van der Waals surface area contributed by atoms with Gasteiger partial charge in [-0.3, -0.25) is 24.8 Å². The Labute approximate surface area is 199 Å². The van der Waals surface area contributed by atoms with Crippen LogP contribution >= 0.6 is 0 Å². The Bertz CT molecular complexity index is 1140. The van der Waals surface area contributed by atoms with E-state index in [-0.39, 0.29) is 12.6 Å². The molecule has 7 nitrogen and oxygen atoms in total. The zero-order valence-corrected chi connectivity index (χ0v) is 19.1. The van der Waals surface area contributed by atoms with Gasteiger partial charge in [-0.2, -0.15) is 0 Å². The standard InChI is InChI=1S/C27H29N5O2/c33-21(20-34-26-11-5-10-23-22(26)7-6-14-28-23)19-31-15-17-32(18-16-31)27(24-8-1-3-12-29-24)25-9-2-4-13-30-25/h1-14,21,27,33H,15-20H2. The Morgan fingerprint density at radius 1 is 0.765 bits per heavy atom. The molecule has 1 fully saturated rings. The van der Waals surface area contributed by atoms with E-state index in [0.717, 1.165) is 54.2 Å². The molecule has 7 heteroatoms. The van der Waals surface area contributed by atoms with Crippen LogP contribution in [0.3, 0.4) is 0 Å². The maximum atomic E-state index is 10.7. The predicted octanol–water partition coefficient (Wildman–Crippen LogP) is 3.17. The van der Waals surface area contributed by atoms with E-state index in [9.17, 15) is 5.11 Å². The van der Waals surface area contributed by atoms with Gasteiger partial charge in [0.25, 0.3) is 0 Å². The van der Waals surface area contributed by atoms with Crippen molar-refractivity contribution in [3.05, 3.63) is 96.7 Å². The summed E-state index contributed by atoms with van der Waals surface area (Å²) in [5, 5.41) is 11.6. The van der Waals surface area contributed by atoms with Gasteiger partial charge in [0.1, 0.15) is 18.5 Å². The first kappa shape index (κ1) is 22.4. The van der Waals surface area contributed by atoms with Gasteiger partial charge in [0, 0.05) is 56.7 Å². The molecule has 5 rings (SSSR count). The highest BCUT2D eigenvalue weighted by Crippen LogP contribution is 2.27. The summed E-state index contributed by atoms with van der Waals surface area (Å²) in [6.45, 7) is 4.31. The molecule has 1 unspecified atom stereocenters. The van der Waals surface area contributed by atoms with Gasteiger partial charge in [-0.05, 0) is 48.5 Å². The number of piperazine rings is 1. The topological polar surface area (TPSA) is 74.6 Å². The quantitative estimate of drug-likeness (QED) is 0.437. The normalized spacial score (nSPS) is 16.1. The van der Waals surface area contributed by atoms with Crippen LogP contribution in [0.4, 0.5) is 0 Å². The molecule has 0 spiro atoms. The molecule has 0 bridgehead atoms. The fourth-order valence-electron chi connectivity index (χ4n) is 4.54. The number of fused-ring (bicyclic) bond motifs is 1. The summed E-state index contributed by atoms with van der Waals surface area (Å²) in [6.07, 6.45) is 4.88. The van der Waals surface area contributed by atoms with Crippen LogP contribution in [0.5, 0.6) is 5.75 Å². The summed E-state index contributed by atoms with van der Waals surface area (Å²) in [7, 11) is 0. The lowest BCUT2D eigenvalue weighted by atomic mass is 10.1. The van der Waals surface area contributed by atoms with E-state index in [1.807, 2.05) is 67.0 Å². The lowest BCUT2D eigenvalue weighted by Crippen LogP contribution is -2.50. The first-order valence-electron chi connectivity index (χ1n) is 11.7. The molecule has 0 aliphatic carbocycles. The molecule has 1 atom stereocenters. The molecule has 1 N–H and O–H groups in total. The molecule has 1 aliphatic rings. The second kappa shape index (κ2) is 10.7. The zero-order valence-electron chi connectivity index (χ0n) is 19.1. The predicted molar refractivity (Wildman–Crippen MR) is 132 cm³/mol. The summed E-state index contributed by atoms with van der Waals surface area (Å²) in [5.74, 6) is 0.753. The fraction of sp³-hybridized carbons (Fsp3) is 0.296. The van der Waals surface area contributed by atoms with E-state index in [1.54, 1.807) is 6.20 Å². The molecule has 4 heterocycles. The highest BCUT2D eigenvalue weighted by atomic mass is 16.5. The minimum atomic E-state index is -0.569. The summed E-state index contributed by atoms with van der Waals surface area (Å²) in [4.78, 5) is 18.3. The third-order valence-corrected chi connectivity index (χ3v) is 6.21. The lowest BCUT2D eigenvalue weighted by molar-refractivity contribution is 0.0396. The number of benzene rings is 1. The maximum Gasteiger partial charge on any atom is 0.128 e. The molecule has 1 aromatic carbocycles. The minimum absolute atomic E-state index is 0.0257. The molecule has 34 heavy (non-hydrogen) atoms. The zero-order chi connectivity index (χ0) is 23.2. The number of hydrogen-bond donors (Lipinski definition) is 1. The molecule has 0 saturated carbocycles. The fourth-order valence-corrected chi connectivity index (χ4v) is 4.54. The van der Waals surface area contributed by atoms with Gasteiger partial charge in [-0.15, -0.1) is 0 Å². The molecule has 1 aliphatic heterocycles. The molecule has 4 aromatic rings. The Kier molecular flexibility index (Phi) is 7.05. The number of β-amino-alcohol motifs (C(OH)–C–C–N with tert-alkyl or cyclic N) is 1. The molecule has 0 radical (unpaired) electrons. The minimum Gasteiger partial charge on any atom is -0.490 e. The van der Waals surface area contributed by atoms with E-state index in [4.69, 9.17) is 4.74 Å². The summed E-state index contributed by atoms with van der Waals surface area (Å²) < 4.78 is 5.95. The van der Waals surface area contributed by atoms with Crippen molar-refractivity contribution in [2.75, 3.05) is 39.3 Å². The Morgan fingerprint density at radius 2 is 1.47 bits per heavy atom. The van der Waals surface area contributed by atoms with Crippen molar-refractivity contribution in [1.29, 1.82) is 0 Å². The van der Waals surface area contributed by atoms with Crippen molar-refractivity contribution >= 4 is 10.9 Å². The lowest BCUT2D eigenvalue weighted by Gasteiger charge is -2.39. The van der Waals surface area contributed by atoms with Gasteiger partial charge >= 0.3 is 0 Å². The number of aromatic nitrogens is 3. The van der Waals surface area contributed by atoms with Crippen LogP contribution in [-0.2, 0) is 0 Å². The molecule has 174 valence electrons. The van der Waals surface area contributed by atoms with Crippen molar-refractivity contribution in [2.45, 2.75) is 12.1 Å². The molecular weight excluding hydrogens is 426 g/mol.